The second-order valence-corrected chi connectivity index (χ2v) is 6.66. The van der Waals surface area contributed by atoms with Gasteiger partial charge in [0.1, 0.15) is 0 Å². The van der Waals surface area contributed by atoms with E-state index in [1.807, 2.05) is 0 Å². The number of rotatable bonds is 7. The number of carbonyl (C=O) groups is 1. The smallest absolute Gasteiger partial charge is 0.303 e. The Kier molecular flexibility index (Phi) is 6.01. The maximum Gasteiger partial charge on any atom is 0.483 e. The van der Waals surface area contributed by atoms with Gasteiger partial charge in [-0.2, -0.15) is 4.31 Å². The van der Waals surface area contributed by atoms with Crippen LogP contribution in [-0.4, -0.2) is 36.5 Å². The second-order valence-electron chi connectivity index (χ2n) is 2.68. The molecule has 2 unspecified atom stereocenters. The van der Waals surface area contributed by atoms with Crippen molar-refractivity contribution in [3.63, 3.8) is 0 Å². The fraction of sp³-hybridized carbons (Fsp3) is 0.667. The van der Waals surface area contributed by atoms with Gasteiger partial charge in [-0.25, -0.2) is 22.7 Å². The summed E-state index contributed by atoms with van der Waals surface area (Å²) < 4.78 is 42.4. The lowest BCUT2D eigenvalue weighted by Crippen LogP contribution is -2.23. The minimum atomic E-state index is -5.46. The first-order chi connectivity index (χ1) is 7.72. The minimum absolute atomic E-state index is 0.678. The lowest BCUT2D eigenvalue weighted by molar-refractivity contribution is -0.139. The molecule has 0 aliphatic carbocycles. The van der Waals surface area contributed by atoms with Gasteiger partial charge in [0.15, 0.2) is 5.78 Å². The zero-order valence-electron chi connectivity index (χ0n) is 8.51. The summed E-state index contributed by atoms with van der Waals surface area (Å²) in [6.07, 6.45) is -2.53. The molecule has 108 valence electrons. The number of Topliss-reactive ketones (excluding diaryl/α,β-unsaturated/α-hetero) is 1. The Hall–Kier alpha value is 0.0400. The number of hydrogen-bond donors (Lipinski definition) is 5. The number of ketones is 1. The molecule has 0 saturated carbocycles. The van der Waals surface area contributed by atoms with E-state index in [1.54, 1.807) is 0 Å². The van der Waals surface area contributed by atoms with Crippen molar-refractivity contribution in [3.8, 4) is 0 Å². The molecule has 0 spiro atoms. The van der Waals surface area contributed by atoms with Crippen molar-refractivity contribution in [2.75, 3.05) is 0 Å². The summed E-state index contributed by atoms with van der Waals surface area (Å²) in [5.74, 6) is -1.25. The lowest BCUT2D eigenvalue weighted by atomic mass is 10.4. The maximum absolute atomic E-state index is 11.0. The van der Waals surface area contributed by atoms with Crippen molar-refractivity contribution in [1.29, 1.82) is 0 Å². The molecule has 5 N–H and O–H groups in total. The Labute approximate surface area is 99.6 Å². The van der Waals surface area contributed by atoms with Gasteiger partial charge >= 0.3 is 23.5 Å². The van der Waals surface area contributed by atoms with Crippen LogP contribution in [0.1, 0.15) is 6.92 Å². The first kappa shape index (κ1) is 18.0. The Balaban J connectivity index is 4.90. The van der Waals surface area contributed by atoms with Crippen LogP contribution in [0.5, 0.6) is 0 Å². The van der Waals surface area contributed by atoms with Crippen LogP contribution >= 0.6 is 23.5 Å². The fourth-order valence-corrected chi connectivity index (χ4v) is 2.74. The van der Waals surface area contributed by atoms with E-state index in [0.717, 1.165) is 0 Å². The SMILES string of the molecule is CC(=O)C(OP(=O)(O)O)OP(=O)(O)OP(=O)(O)O. The van der Waals surface area contributed by atoms with Crippen molar-refractivity contribution < 1.29 is 56.3 Å². The average molecular weight is 330 g/mol. The summed E-state index contributed by atoms with van der Waals surface area (Å²) in [4.78, 5) is 52.8. The van der Waals surface area contributed by atoms with Crippen molar-refractivity contribution >= 4 is 29.3 Å². The highest BCUT2D eigenvalue weighted by Crippen LogP contribution is 2.58. The molecule has 18 heavy (non-hydrogen) atoms. The van der Waals surface area contributed by atoms with Crippen LogP contribution in [0.25, 0.3) is 0 Å². The van der Waals surface area contributed by atoms with Crippen molar-refractivity contribution in [3.05, 3.63) is 0 Å². The van der Waals surface area contributed by atoms with E-state index in [1.165, 1.54) is 0 Å². The minimum Gasteiger partial charge on any atom is -0.303 e. The van der Waals surface area contributed by atoms with Crippen LogP contribution in [0.4, 0.5) is 0 Å². The van der Waals surface area contributed by atoms with Gasteiger partial charge in [0.25, 0.3) is 0 Å². The van der Waals surface area contributed by atoms with Crippen LogP contribution in [-0.2, 0) is 31.8 Å². The molecule has 0 aliphatic rings. The zero-order valence-corrected chi connectivity index (χ0v) is 11.2. The van der Waals surface area contributed by atoms with E-state index < -0.39 is 35.5 Å². The van der Waals surface area contributed by atoms with E-state index in [-0.39, 0.29) is 0 Å². The number of hydrogen-bond acceptors (Lipinski definition) is 7. The van der Waals surface area contributed by atoms with Crippen LogP contribution in [0.2, 0.25) is 0 Å². The van der Waals surface area contributed by atoms with Gasteiger partial charge in [-0.1, -0.05) is 0 Å². The molecule has 0 rings (SSSR count). The third-order valence-electron chi connectivity index (χ3n) is 1.00. The molecule has 0 aliphatic heterocycles. The predicted molar refractivity (Wildman–Crippen MR) is 51.6 cm³/mol. The van der Waals surface area contributed by atoms with Gasteiger partial charge in [0, 0.05) is 0 Å². The molecular formula is C3H9O12P3. The molecular weight excluding hydrogens is 321 g/mol. The Morgan fingerprint density at radius 2 is 1.39 bits per heavy atom. The molecule has 0 aromatic rings. The summed E-state index contributed by atoms with van der Waals surface area (Å²) in [6, 6.07) is 0. The third-order valence-corrected chi connectivity index (χ3v) is 3.60. The molecule has 0 fully saturated rings. The van der Waals surface area contributed by atoms with Gasteiger partial charge in [-0.3, -0.25) is 4.79 Å². The largest absolute Gasteiger partial charge is 0.483 e. The molecule has 0 aromatic heterocycles. The first-order valence-electron chi connectivity index (χ1n) is 3.74. The summed E-state index contributed by atoms with van der Waals surface area (Å²) in [5.41, 5.74) is 0. The molecule has 0 bridgehead atoms. The molecule has 15 heteroatoms. The standard InChI is InChI=1S/C3H9O12P3/c1-2(4)3(13-16(5,6)7)14-18(11,12)15-17(8,9)10/h3H,1H3,(H,11,12)(H2,5,6,7)(H2,8,9,10). The monoisotopic (exact) mass is 330 g/mol. The van der Waals surface area contributed by atoms with E-state index >= 15 is 0 Å². The molecule has 0 heterocycles. The topological polar surface area (TPSA) is 197 Å². The highest BCUT2D eigenvalue weighted by Gasteiger charge is 2.39. The molecule has 2 atom stereocenters. The summed E-state index contributed by atoms with van der Waals surface area (Å²) in [6.45, 7) is 0.678. The maximum atomic E-state index is 11.0. The molecule has 0 amide bonds. The van der Waals surface area contributed by atoms with Gasteiger partial charge in [0.2, 0.25) is 6.29 Å². The van der Waals surface area contributed by atoms with Crippen molar-refractivity contribution in [2.24, 2.45) is 0 Å². The highest BCUT2D eigenvalue weighted by molar-refractivity contribution is 7.60. The third kappa shape index (κ3) is 9.03. The van der Waals surface area contributed by atoms with E-state index in [0.29, 0.717) is 6.92 Å². The Morgan fingerprint density at radius 1 is 0.944 bits per heavy atom. The summed E-state index contributed by atoms with van der Waals surface area (Å²) in [7, 11) is -16.1. The number of phosphoric ester groups is 2. The molecule has 0 saturated heterocycles. The Morgan fingerprint density at radius 3 is 1.67 bits per heavy atom. The number of carbonyl (C=O) groups excluding carboxylic acids is 1. The van der Waals surface area contributed by atoms with Gasteiger partial charge in [0.05, 0.1) is 0 Å². The predicted octanol–water partition coefficient (Wildman–Crippen LogP) is -0.763. The lowest BCUT2D eigenvalue weighted by Gasteiger charge is -2.18. The normalized spacial score (nSPS) is 18.1. The number of phosphoric acid groups is 3. The van der Waals surface area contributed by atoms with Crippen LogP contribution in [0, 0.1) is 0 Å². The average Bonchev–Trinajstić information content (AvgIpc) is 1.93. The molecule has 0 radical (unpaired) electrons. The van der Waals surface area contributed by atoms with Gasteiger partial charge < -0.3 is 24.5 Å². The van der Waals surface area contributed by atoms with Crippen molar-refractivity contribution in [2.45, 2.75) is 13.2 Å². The van der Waals surface area contributed by atoms with Crippen LogP contribution < -0.4 is 0 Å². The highest BCUT2D eigenvalue weighted by atomic mass is 31.3. The van der Waals surface area contributed by atoms with Gasteiger partial charge in [-0.05, 0) is 6.92 Å². The fourth-order valence-electron chi connectivity index (χ4n) is 0.567. The van der Waals surface area contributed by atoms with Crippen LogP contribution in [0.3, 0.4) is 0 Å². The van der Waals surface area contributed by atoms with Crippen LogP contribution in [0.15, 0.2) is 0 Å². The quantitative estimate of drug-likeness (QED) is 0.289. The molecule has 0 aromatic carbocycles. The second kappa shape index (κ2) is 6.00. The Bertz CT molecular complexity index is 441. The summed E-state index contributed by atoms with van der Waals surface area (Å²) in [5, 5.41) is 0. The van der Waals surface area contributed by atoms with Crippen molar-refractivity contribution in [1.82, 2.24) is 0 Å². The van der Waals surface area contributed by atoms with E-state index in [2.05, 4.69) is 13.4 Å². The summed E-state index contributed by atoms with van der Waals surface area (Å²) >= 11 is 0. The van der Waals surface area contributed by atoms with Gasteiger partial charge in [-0.15, -0.1) is 0 Å². The van der Waals surface area contributed by atoms with E-state index in [9.17, 15) is 18.5 Å². The molecule has 12 nitrogen and oxygen atoms in total. The zero-order chi connectivity index (χ0) is 14.8. The van der Waals surface area contributed by atoms with E-state index in [4.69, 9.17) is 24.5 Å². The first-order valence-corrected chi connectivity index (χ1v) is 8.30.